The van der Waals surface area contributed by atoms with Crippen molar-refractivity contribution in [1.29, 1.82) is 0 Å². The molecule has 3 aromatic rings. The van der Waals surface area contributed by atoms with Gasteiger partial charge in [-0.2, -0.15) is 0 Å². The molecule has 0 atom stereocenters. The molecule has 3 rings (SSSR count). The summed E-state index contributed by atoms with van der Waals surface area (Å²) in [5, 5.41) is 4.17. The summed E-state index contributed by atoms with van der Waals surface area (Å²) in [4.78, 5) is 12.8. The lowest BCUT2D eigenvalue weighted by Gasteiger charge is -2.16. The molecule has 2 aromatic carbocycles. The van der Waals surface area contributed by atoms with Gasteiger partial charge in [-0.05, 0) is 6.07 Å². The van der Waals surface area contributed by atoms with Crippen LogP contribution in [0.4, 0.5) is 0 Å². The zero-order chi connectivity index (χ0) is 19.6. The Morgan fingerprint density at radius 3 is 2.26 bits per heavy atom. The molecule has 0 radical (unpaired) electrons. The molecule has 0 saturated heterocycles. The van der Waals surface area contributed by atoms with Crippen LogP contribution in [0.15, 0.2) is 36.4 Å². The fourth-order valence-electron chi connectivity index (χ4n) is 3.10. The Morgan fingerprint density at radius 1 is 1.07 bits per heavy atom. The molecule has 142 valence electrons. The number of hydrogen-bond donors (Lipinski definition) is 1. The standard InChI is InChI=1S/C20H21ClN2O4/c1-23-15-8-6-5-7-13(15)18(21)19(23)20(24)22-11-14-16(26-3)9-12(25-2)10-17(14)27-4/h5-10H,11H2,1-4H3,(H,22,24). The van der Waals surface area contributed by atoms with Crippen LogP contribution in [0.3, 0.4) is 0 Å². The summed E-state index contributed by atoms with van der Waals surface area (Å²) >= 11 is 6.45. The zero-order valence-corrected chi connectivity index (χ0v) is 16.4. The van der Waals surface area contributed by atoms with Gasteiger partial charge in [0.1, 0.15) is 22.9 Å². The van der Waals surface area contributed by atoms with Crippen LogP contribution in [-0.4, -0.2) is 31.8 Å². The second-order valence-corrected chi connectivity index (χ2v) is 6.31. The molecule has 27 heavy (non-hydrogen) atoms. The lowest BCUT2D eigenvalue weighted by atomic mass is 10.1. The van der Waals surface area contributed by atoms with Crippen LogP contribution in [0.5, 0.6) is 17.2 Å². The molecule has 1 aromatic heterocycles. The lowest BCUT2D eigenvalue weighted by molar-refractivity contribution is 0.0943. The normalized spacial score (nSPS) is 10.7. The third-order valence-electron chi connectivity index (χ3n) is 4.50. The second-order valence-electron chi connectivity index (χ2n) is 5.93. The van der Waals surface area contributed by atoms with Crippen LogP contribution in [0, 0.1) is 0 Å². The first kappa shape index (κ1) is 18.9. The molecule has 0 fully saturated rings. The number of halogens is 1. The van der Waals surface area contributed by atoms with E-state index in [0.717, 1.165) is 10.9 Å². The molecule has 0 aliphatic heterocycles. The predicted octanol–water partition coefficient (Wildman–Crippen LogP) is 3.79. The van der Waals surface area contributed by atoms with Gasteiger partial charge in [0.05, 0.1) is 38.5 Å². The average molecular weight is 389 g/mol. The van der Waals surface area contributed by atoms with Crippen LogP contribution in [0.2, 0.25) is 5.02 Å². The van der Waals surface area contributed by atoms with Crippen molar-refractivity contribution in [2.24, 2.45) is 7.05 Å². The SMILES string of the molecule is COc1cc(OC)c(CNC(=O)c2c(Cl)c3ccccc3n2C)c(OC)c1. The topological polar surface area (TPSA) is 61.7 Å². The van der Waals surface area contributed by atoms with Crippen molar-refractivity contribution in [3.63, 3.8) is 0 Å². The number of rotatable bonds is 6. The van der Waals surface area contributed by atoms with E-state index in [0.29, 0.717) is 33.5 Å². The third kappa shape index (κ3) is 3.40. The van der Waals surface area contributed by atoms with Crippen LogP contribution >= 0.6 is 11.6 Å². The quantitative estimate of drug-likeness (QED) is 0.698. The van der Waals surface area contributed by atoms with Crippen molar-refractivity contribution in [2.75, 3.05) is 21.3 Å². The third-order valence-corrected chi connectivity index (χ3v) is 4.89. The van der Waals surface area contributed by atoms with Crippen molar-refractivity contribution >= 4 is 28.4 Å². The van der Waals surface area contributed by atoms with Crippen molar-refractivity contribution in [3.05, 3.63) is 52.7 Å². The minimum atomic E-state index is -0.279. The number of carbonyl (C=O) groups is 1. The summed E-state index contributed by atoms with van der Waals surface area (Å²) in [6, 6.07) is 11.1. The van der Waals surface area contributed by atoms with E-state index in [4.69, 9.17) is 25.8 Å². The Hall–Kier alpha value is -2.86. The molecule has 1 heterocycles. The minimum Gasteiger partial charge on any atom is -0.496 e. The molecular formula is C20H21ClN2O4. The molecule has 0 spiro atoms. The summed E-state index contributed by atoms with van der Waals surface area (Å²) in [7, 11) is 6.50. The molecule has 0 bridgehead atoms. The number of carbonyl (C=O) groups excluding carboxylic acids is 1. The summed E-state index contributed by atoms with van der Waals surface area (Å²) < 4.78 is 17.9. The number of methoxy groups -OCH3 is 3. The maximum Gasteiger partial charge on any atom is 0.269 e. The minimum absolute atomic E-state index is 0.215. The lowest BCUT2D eigenvalue weighted by Crippen LogP contribution is -2.25. The Balaban J connectivity index is 1.91. The molecule has 0 saturated carbocycles. The van der Waals surface area contributed by atoms with Gasteiger partial charge in [-0.1, -0.05) is 29.8 Å². The van der Waals surface area contributed by atoms with Gasteiger partial charge in [0, 0.05) is 30.1 Å². The van der Waals surface area contributed by atoms with Gasteiger partial charge in [-0.15, -0.1) is 0 Å². The monoisotopic (exact) mass is 388 g/mol. The number of benzene rings is 2. The predicted molar refractivity (Wildman–Crippen MR) is 105 cm³/mol. The summed E-state index contributed by atoms with van der Waals surface area (Å²) in [5.41, 5.74) is 2.01. The van der Waals surface area contributed by atoms with Gasteiger partial charge in [-0.3, -0.25) is 4.79 Å². The molecule has 6 nitrogen and oxygen atoms in total. The van der Waals surface area contributed by atoms with Crippen molar-refractivity contribution in [3.8, 4) is 17.2 Å². The highest BCUT2D eigenvalue weighted by Gasteiger charge is 2.21. The van der Waals surface area contributed by atoms with E-state index >= 15 is 0 Å². The van der Waals surface area contributed by atoms with Crippen LogP contribution in [0.1, 0.15) is 16.1 Å². The number of nitrogens with zero attached hydrogens (tertiary/aromatic N) is 1. The van der Waals surface area contributed by atoms with Gasteiger partial charge in [0.15, 0.2) is 0 Å². The largest absolute Gasteiger partial charge is 0.496 e. The Morgan fingerprint density at radius 2 is 1.70 bits per heavy atom. The molecule has 1 N–H and O–H groups in total. The molecule has 0 aliphatic rings. The molecular weight excluding hydrogens is 368 g/mol. The number of ether oxygens (including phenoxy) is 3. The molecule has 7 heteroatoms. The van der Waals surface area contributed by atoms with E-state index in [-0.39, 0.29) is 12.5 Å². The smallest absolute Gasteiger partial charge is 0.269 e. The van der Waals surface area contributed by atoms with E-state index in [1.165, 1.54) is 0 Å². The fourth-order valence-corrected chi connectivity index (χ4v) is 3.48. The van der Waals surface area contributed by atoms with E-state index in [9.17, 15) is 4.79 Å². The number of nitrogens with one attached hydrogen (secondary N) is 1. The second kappa shape index (κ2) is 7.80. The summed E-state index contributed by atoms with van der Waals surface area (Å²) in [6.45, 7) is 0.215. The highest BCUT2D eigenvalue weighted by Crippen LogP contribution is 2.34. The van der Waals surface area contributed by atoms with Gasteiger partial charge in [0.2, 0.25) is 0 Å². The number of aromatic nitrogens is 1. The van der Waals surface area contributed by atoms with Crippen LogP contribution < -0.4 is 19.5 Å². The highest BCUT2D eigenvalue weighted by molar-refractivity contribution is 6.38. The van der Waals surface area contributed by atoms with Gasteiger partial charge >= 0.3 is 0 Å². The number of aryl methyl sites for hydroxylation is 1. The van der Waals surface area contributed by atoms with Crippen molar-refractivity contribution in [2.45, 2.75) is 6.54 Å². The maximum atomic E-state index is 12.8. The number of amides is 1. The van der Waals surface area contributed by atoms with E-state index < -0.39 is 0 Å². The van der Waals surface area contributed by atoms with Gasteiger partial charge in [-0.25, -0.2) is 0 Å². The number of hydrogen-bond acceptors (Lipinski definition) is 4. The zero-order valence-electron chi connectivity index (χ0n) is 15.6. The van der Waals surface area contributed by atoms with E-state index in [1.807, 2.05) is 31.3 Å². The first-order valence-electron chi connectivity index (χ1n) is 8.31. The molecule has 1 amide bonds. The molecule has 0 aliphatic carbocycles. The average Bonchev–Trinajstić information content (AvgIpc) is 2.96. The molecule has 0 unspecified atom stereocenters. The highest BCUT2D eigenvalue weighted by atomic mass is 35.5. The van der Waals surface area contributed by atoms with Crippen LogP contribution in [0.25, 0.3) is 10.9 Å². The summed E-state index contributed by atoms with van der Waals surface area (Å²) in [5.74, 6) is 1.46. The van der Waals surface area contributed by atoms with Crippen molar-refractivity contribution in [1.82, 2.24) is 9.88 Å². The van der Waals surface area contributed by atoms with Gasteiger partial charge < -0.3 is 24.1 Å². The van der Waals surface area contributed by atoms with Crippen molar-refractivity contribution < 1.29 is 19.0 Å². The number of para-hydroxylation sites is 1. The Labute approximate surface area is 162 Å². The van der Waals surface area contributed by atoms with E-state index in [1.54, 1.807) is 38.0 Å². The fraction of sp³-hybridized carbons (Fsp3) is 0.250. The summed E-state index contributed by atoms with van der Waals surface area (Å²) in [6.07, 6.45) is 0. The number of fused-ring (bicyclic) bond motifs is 1. The van der Waals surface area contributed by atoms with Gasteiger partial charge in [0.25, 0.3) is 5.91 Å². The first-order chi connectivity index (χ1) is 13.0. The van der Waals surface area contributed by atoms with E-state index in [2.05, 4.69) is 5.32 Å². The van der Waals surface area contributed by atoms with Crippen LogP contribution in [-0.2, 0) is 13.6 Å². The maximum absolute atomic E-state index is 12.8. The first-order valence-corrected chi connectivity index (χ1v) is 8.69. The Kier molecular flexibility index (Phi) is 5.46. The Bertz CT molecular complexity index is 933.